The molecule has 0 spiro atoms. The molecule has 0 aliphatic carbocycles. The molecule has 0 fully saturated rings. The third-order valence-electron chi connectivity index (χ3n) is 6.03. The van der Waals surface area contributed by atoms with Crippen LogP contribution in [0.25, 0.3) is 0 Å². The molecule has 7 nitrogen and oxygen atoms in total. The molecule has 3 aromatic rings. The normalized spacial score (nSPS) is 11.6. The molecule has 0 saturated carbocycles. The van der Waals surface area contributed by atoms with Gasteiger partial charge in [-0.2, -0.15) is 5.26 Å². The molecule has 3 rings (SSSR count). The molecule has 2 aromatic carbocycles. The Morgan fingerprint density at radius 3 is 2.61 bits per heavy atom. The van der Waals surface area contributed by atoms with Crippen molar-refractivity contribution < 1.29 is 4.79 Å². The lowest BCUT2D eigenvalue weighted by molar-refractivity contribution is -0.121. The van der Waals surface area contributed by atoms with Crippen LogP contribution < -0.4 is 10.6 Å². The number of carbonyl (C=O) groups is 1. The highest BCUT2D eigenvalue weighted by Crippen LogP contribution is 2.27. The van der Waals surface area contributed by atoms with Crippen molar-refractivity contribution >= 4 is 46.4 Å². The van der Waals surface area contributed by atoms with Gasteiger partial charge in [-0.15, -0.1) is 0 Å². The van der Waals surface area contributed by atoms with Crippen LogP contribution in [0.15, 0.2) is 55.0 Å². The van der Waals surface area contributed by atoms with Crippen molar-refractivity contribution in [3.63, 3.8) is 0 Å². The Hall–Kier alpha value is -3.12. The average Bonchev–Trinajstić information content (AvgIpc) is 3.31. The van der Waals surface area contributed by atoms with Gasteiger partial charge in [-0.05, 0) is 53.9 Å². The van der Waals surface area contributed by atoms with Crippen molar-refractivity contribution in [3.05, 3.63) is 87.4 Å². The van der Waals surface area contributed by atoms with Gasteiger partial charge in [0, 0.05) is 44.6 Å². The molecule has 1 atom stereocenters. The quantitative estimate of drug-likeness (QED) is 0.308. The third-order valence-corrected chi connectivity index (χ3v) is 7.35. The number of hydrogen-bond donors (Lipinski definition) is 2. The Kier molecular flexibility index (Phi) is 11.0. The zero-order valence-corrected chi connectivity index (χ0v) is 24.1. The number of rotatable bonds is 11. The summed E-state index contributed by atoms with van der Waals surface area (Å²) in [6, 6.07) is 14.9. The predicted molar refractivity (Wildman–Crippen MR) is 156 cm³/mol. The molecule has 0 radical (unpaired) electrons. The lowest BCUT2D eigenvalue weighted by atomic mass is 10.0. The molecular formula is C28H32Cl2N6OS. The highest BCUT2D eigenvalue weighted by molar-refractivity contribution is 7.80. The maximum atomic E-state index is 13.2. The first-order valence-electron chi connectivity index (χ1n) is 12.4. The number of aromatic nitrogens is 2. The fourth-order valence-corrected chi connectivity index (χ4v) is 4.75. The zero-order chi connectivity index (χ0) is 27.7. The fraction of sp³-hybridized carbons (Fsp3) is 0.357. The number of halogens is 2. The second kappa shape index (κ2) is 14.1. The molecular weight excluding hydrogens is 539 g/mol. The molecule has 1 heterocycles. The first-order valence-corrected chi connectivity index (χ1v) is 13.5. The van der Waals surface area contributed by atoms with Crippen molar-refractivity contribution in [2.24, 2.45) is 5.92 Å². The van der Waals surface area contributed by atoms with Crippen LogP contribution in [0.2, 0.25) is 10.0 Å². The average molecular weight is 572 g/mol. The van der Waals surface area contributed by atoms with Gasteiger partial charge in [0.2, 0.25) is 5.91 Å². The zero-order valence-electron chi connectivity index (χ0n) is 21.7. The van der Waals surface area contributed by atoms with Crippen LogP contribution in [0.4, 0.5) is 0 Å². The second-order valence-electron chi connectivity index (χ2n) is 9.54. The number of thiocarbonyl (C=S) groups is 1. The van der Waals surface area contributed by atoms with E-state index in [1.54, 1.807) is 37.8 Å². The molecule has 0 saturated heterocycles. The van der Waals surface area contributed by atoms with Gasteiger partial charge in [-0.3, -0.25) is 4.79 Å². The van der Waals surface area contributed by atoms with Crippen LogP contribution >= 0.6 is 35.4 Å². The Bertz CT molecular complexity index is 1290. The predicted octanol–water partition coefficient (Wildman–Crippen LogP) is 5.19. The molecule has 1 amide bonds. The number of nitrogens with one attached hydrogen (secondary N) is 2. The highest BCUT2D eigenvalue weighted by atomic mass is 35.5. The summed E-state index contributed by atoms with van der Waals surface area (Å²) in [5, 5.41) is 16.8. The van der Waals surface area contributed by atoms with Crippen LogP contribution in [0.3, 0.4) is 0 Å². The maximum absolute atomic E-state index is 13.2. The van der Waals surface area contributed by atoms with Crippen LogP contribution in [0, 0.1) is 17.2 Å². The van der Waals surface area contributed by atoms with Crippen molar-refractivity contribution in [1.29, 1.82) is 5.26 Å². The number of nitriles is 1. The van der Waals surface area contributed by atoms with Crippen LogP contribution in [-0.4, -0.2) is 45.1 Å². The minimum atomic E-state index is -0.137. The molecule has 2 N–H and O–H groups in total. The van der Waals surface area contributed by atoms with Crippen LogP contribution in [0.1, 0.15) is 42.7 Å². The van der Waals surface area contributed by atoms with Gasteiger partial charge in [0.25, 0.3) is 0 Å². The van der Waals surface area contributed by atoms with Gasteiger partial charge in [-0.25, -0.2) is 4.98 Å². The van der Waals surface area contributed by atoms with E-state index in [1.165, 1.54) is 0 Å². The summed E-state index contributed by atoms with van der Waals surface area (Å²) in [4.78, 5) is 19.4. The first-order chi connectivity index (χ1) is 18.2. The Morgan fingerprint density at radius 1 is 1.21 bits per heavy atom. The molecule has 38 heavy (non-hydrogen) atoms. The molecule has 0 unspecified atom stereocenters. The number of benzene rings is 2. The summed E-state index contributed by atoms with van der Waals surface area (Å²) in [6.45, 7) is 5.78. The molecule has 1 aromatic heterocycles. The minimum Gasteiger partial charge on any atom is -0.366 e. The summed E-state index contributed by atoms with van der Waals surface area (Å²) < 4.78 is 1.95. The standard InChI is InChI=1S/C28H32Cl2N6OS/c1-19(2)11-23(17-35(28(38)32-3)16-22-5-4-6-25(29)27(22)30)34-26(37)12-24-14-33-18-36(24)15-21-9-7-20(13-31)8-10-21/h4-10,14,18-19,23H,11-12,15-17H2,1-3H3,(H,32,38)(H,34,37)/t23-/m0/s1. The number of imidazole rings is 1. The first kappa shape index (κ1) is 29.4. The van der Waals surface area contributed by atoms with Crippen LogP contribution in [-0.2, 0) is 24.3 Å². The molecule has 0 bridgehead atoms. The van der Waals surface area contributed by atoms with Gasteiger partial charge in [0.05, 0.1) is 34.4 Å². The van der Waals surface area contributed by atoms with E-state index in [2.05, 4.69) is 35.5 Å². The Morgan fingerprint density at radius 2 is 1.95 bits per heavy atom. The summed E-state index contributed by atoms with van der Waals surface area (Å²) in [5.74, 6) is 0.273. The fourth-order valence-electron chi connectivity index (χ4n) is 4.23. The van der Waals surface area contributed by atoms with Crippen molar-refractivity contribution in [2.75, 3.05) is 13.6 Å². The lowest BCUT2D eigenvalue weighted by Gasteiger charge is -2.31. The van der Waals surface area contributed by atoms with Gasteiger partial charge >= 0.3 is 0 Å². The number of hydrogen-bond acceptors (Lipinski definition) is 4. The molecule has 200 valence electrons. The Labute approximate surface area is 239 Å². The van der Waals surface area contributed by atoms with Crippen molar-refractivity contribution in [3.8, 4) is 6.07 Å². The van der Waals surface area contributed by atoms with Gasteiger partial charge in [0.1, 0.15) is 0 Å². The van der Waals surface area contributed by atoms with Crippen molar-refractivity contribution in [2.45, 2.75) is 45.8 Å². The SMILES string of the molecule is CNC(=S)N(Cc1cccc(Cl)c1Cl)C[C@H](CC(C)C)NC(=O)Cc1cncn1Cc1ccc(C#N)cc1. The maximum Gasteiger partial charge on any atom is 0.226 e. The topological polar surface area (TPSA) is 86.0 Å². The second-order valence-corrected chi connectivity index (χ2v) is 10.7. The van der Waals surface area contributed by atoms with E-state index in [9.17, 15) is 4.79 Å². The molecule has 10 heteroatoms. The van der Waals surface area contributed by atoms with E-state index < -0.39 is 0 Å². The molecule has 0 aliphatic rings. The highest BCUT2D eigenvalue weighted by Gasteiger charge is 2.21. The largest absolute Gasteiger partial charge is 0.366 e. The van der Waals surface area contributed by atoms with Crippen molar-refractivity contribution in [1.82, 2.24) is 25.1 Å². The molecule has 0 aliphatic heterocycles. The van der Waals surface area contributed by atoms with E-state index in [-0.39, 0.29) is 18.4 Å². The number of nitrogens with zero attached hydrogens (tertiary/aromatic N) is 4. The van der Waals surface area contributed by atoms with Crippen LogP contribution in [0.5, 0.6) is 0 Å². The Balaban J connectivity index is 1.70. The van der Waals surface area contributed by atoms with E-state index in [1.807, 2.05) is 33.7 Å². The van der Waals surface area contributed by atoms with E-state index in [4.69, 9.17) is 40.7 Å². The lowest BCUT2D eigenvalue weighted by Crippen LogP contribution is -2.48. The number of carbonyl (C=O) groups excluding carboxylic acids is 1. The van der Waals surface area contributed by atoms with E-state index in [0.29, 0.717) is 46.3 Å². The summed E-state index contributed by atoms with van der Waals surface area (Å²) in [7, 11) is 1.78. The minimum absolute atomic E-state index is 0.0895. The summed E-state index contributed by atoms with van der Waals surface area (Å²) >= 11 is 18.2. The summed E-state index contributed by atoms with van der Waals surface area (Å²) in [6.07, 6.45) is 4.41. The summed E-state index contributed by atoms with van der Waals surface area (Å²) in [5.41, 5.74) is 3.30. The van der Waals surface area contributed by atoms with Gasteiger partial charge in [-0.1, -0.05) is 61.3 Å². The smallest absolute Gasteiger partial charge is 0.226 e. The number of amides is 1. The van der Waals surface area contributed by atoms with E-state index in [0.717, 1.165) is 23.2 Å². The van der Waals surface area contributed by atoms with Gasteiger partial charge < -0.3 is 20.1 Å². The van der Waals surface area contributed by atoms with E-state index >= 15 is 0 Å². The van der Waals surface area contributed by atoms with Gasteiger partial charge in [0.15, 0.2) is 5.11 Å². The monoisotopic (exact) mass is 570 g/mol. The third kappa shape index (κ3) is 8.45.